The van der Waals surface area contributed by atoms with Crippen LogP contribution in [-0.2, 0) is 9.53 Å². The Morgan fingerprint density at radius 3 is 2.44 bits per heavy atom. The van der Waals surface area contributed by atoms with Gasteiger partial charge in [-0.1, -0.05) is 0 Å². The molecule has 1 fully saturated rings. The number of rotatable bonds is 6. The van der Waals surface area contributed by atoms with Gasteiger partial charge in [-0.25, -0.2) is 14.8 Å². The molecule has 27 heavy (non-hydrogen) atoms. The molecule has 0 atom stereocenters. The van der Waals surface area contributed by atoms with Gasteiger partial charge in [0.25, 0.3) is 5.91 Å². The molecule has 0 saturated carbocycles. The summed E-state index contributed by atoms with van der Waals surface area (Å²) in [6.07, 6.45) is 3.48. The van der Waals surface area contributed by atoms with E-state index < -0.39 is 0 Å². The largest absolute Gasteiger partial charge is 0.462 e. The quantitative estimate of drug-likeness (QED) is 0.696. The van der Waals surface area contributed by atoms with Gasteiger partial charge >= 0.3 is 5.97 Å². The van der Waals surface area contributed by atoms with E-state index in [1.807, 2.05) is 0 Å². The zero-order valence-electron chi connectivity index (χ0n) is 15.4. The first-order chi connectivity index (χ1) is 13.2. The number of amides is 1. The van der Waals surface area contributed by atoms with E-state index in [9.17, 15) is 9.59 Å². The fourth-order valence-corrected chi connectivity index (χ4v) is 2.99. The molecule has 2 aromatic rings. The molecule has 142 valence electrons. The number of carbonyl (C=O) groups excluding carboxylic acids is 2. The third-order valence-electron chi connectivity index (χ3n) is 4.40. The molecular formula is C19H24N5O3+. The van der Waals surface area contributed by atoms with E-state index >= 15 is 0 Å². The van der Waals surface area contributed by atoms with Crippen LogP contribution in [0.5, 0.6) is 0 Å². The zero-order chi connectivity index (χ0) is 19.1. The van der Waals surface area contributed by atoms with Gasteiger partial charge in [-0.3, -0.25) is 4.79 Å². The highest BCUT2D eigenvalue weighted by molar-refractivity contribution is 5.93. The summed E-state index contributed by atoms with van der Waals surface area (Å²) in [4.78, 5) is 35.8. The SMILES string of the molecule is CCOC(=O)c1ccc(NC(=O)C[NH+]2CCN(c3ncccn3)CC2)cc1. The predicted molar refractivity (Wildman–Crippen MR) is 101 cm³/mol. The van der Waals surface area contributed by atoms with Crippen molar-refractivity contribution in [2.24, 2.45) is 0 Å². The second kappa shape index (κ2) is 9.09. The minimum Gasteiger partial charge on any atom is -0.462 e. The predicted octanol–water partition coefficient (Wildman–Crippen LogP) is -0.00310. The Morgan fingerprint density at radius 2 is 1.81 bits per heavy atom. The van der Waals surface area contributed by atoms with Gasteiger partial charge < -0.3 is 19.9 Å². The number of carbonyl (C=O) groups is 2. The third-order valence-corrected chi connectivity index (χ3v) is 4.40. The topological polar surface area (TPSA) is 88.9 Å². The summed E-state index contributed by atoms with van der Waals surface area (Å²) in [6.45, 7) is 5.86. The highest BCUT2D eigenvalue weighted by Gasteiger charge is 2.23. The summed E-state index contributed by atoms with van der Waals surface area (Å²) >= 11 is 0. The Bertz CT molecular complexity index is 759. The lowest BCUT2D eigenvalue weighted by Gasteiger charge is -2.31. The molecule has 0 spiro atoms. The fourth-order valence-electron chi connectivity index (χ4n) is 2.99. The van der Waals surface area contributed by atoms with Gasteiger partial charge in [-0.05, 0) is 37.3 Å². The van der Waals surface area contributed by atoms with Gasteiger partial charge in [0, 0.05) is 18.1 Å². The molecule has 2 N–H and O–H groups in total. The van der Waals surface area contributed by atoms with E-state index in [1.165, 1.54) is 4.90 Å². The van der Waals surface area contributed by atoms with E-state index in [-0.39, 0.29) is 11.9 Å². The van der Waals surface area contributed by atoms with Gasteiger partial charge in [0.05, 0.1) is 38.3 Å². The number of esters is 1. The number of hydrogen-bond acceptors (Lipinski definition) is 6. The minimum absolute atomic E-state index is 0.0432. The van der Waals surface area contributed by atoms with E-state index in [1.54, 1.807) is 49.6 Å². The van der Waals surface area contributed by atoms with Gasteiger partial charge in [-0.2, -0.15) is 0 Å². The van der Waals surface area contributed by atoms with Crippen molar-refractivity contribution >= 4 is 23.5 Å². The number of anilines is 2. The molecule has 3 rings (SSSR count). The second-order valence-electron chi connectivity index (χ2n) is 6.31. The molecule has 1 saturated heterocycles. The van der Waals surface area contributed by atoms with Crippen molar-refractivity contribution in [1.82, 2.24) is 9.97 Å². The smallest absolute Gasteiger partial charge is 0.338 e. The second-order valence-corrected chi connectivity index (χ2v) is 6.31. The minimum atomic E-state index is -0.361. The number of piperazine rings is 1. The molecule has 1 amide bonds. The van der Waals surface area contributed by atoms with Gasteiger partial charge in [0.2, 0.25) is 5.95 Å². The number of hydrogen-bond donors (Lipinski definition) is 2. The third kappa shape index (κ3) is 5.24. The van der Waals surface area contributed by atoms with Crippen LogP contribution in [0.25, 0.3) is 0 Å². The van der Waals surface area contributed by atoms with Crippen molar-refractivity contribution in [2.75, 3.05) is 49.5 Å². The lowest BCUT2D eigenvalue weighted by Crippen LogP contribution is -3.15. The number of nitrogens with one attached hydrogen (secondary N) is 2. The van der Waals surface area contributed by atoms with Gasteiger partial charge in [-0.15, -0.1) is 0 Å². The van der Waals surface area contributed by atoms with Crippen LogP contribution in [0, 0.1) is 0 Å². The summed E-state index contributed by atoms with van der Waals surface area (Å²) in [7, 11) is 0. The van der Waals surface area contributed by atoms with Crippen molar-refractivity contribution < 1.29 is 19.2 Å². The summed E-state index contributed by atoms with van der Waals surface area (Å²) in [5, 5.41) is 2.88. The maximum Gasteiger partial charge on any atom is 0.338 e. The summed E-state index contributed by atoms with van der Waals surface area (Å²) in [5.74, 6) is 0.334. The molecule has 8 nitrogen and oxygen atoms in total. The van der Waals surface area contributed by atoms with Gasteiger partial charge in [0.1, 0.15) is 0 Å². The van der Waals surface area contributed by atoms with Crippen LogP contribution < -0.4 is 15.1 Å². The number of quaternary nitrogens is 1. The Kier molecular flexibility index (Phi) is 6.32. The Labute approximate surface area is 158 Å². The molecule has 1 aromatic heterocycles. The molecule has 1 aliphatic heterocycles. The molecule has 0 aliphatic carbocycles. The first kappa shape index (κ1) is 18.8. The first-order valence-corrected chi connectivity index (χ1v) is 9.08. The maximum atomic E-state index is 12.3. The molecule has 1 aliphatic rings. The van der Waals surface area contributed by atoms with Crippen LogP contribution in [0.3, 0.4) is 0 Å². The van der Waals surface area contributed by atoms with Crippen molar-refractivity contribution in [3.63, 3.8) is 0 Å². The first-order valence-electron chi connectivity index (χ1n) is 9.08. The van der Waals surface area contributed by atoms with E-state index in [0.717, 1.165) is 32.1 Å². The monoisotopic (exact) mass is 370 g/mol. The lowest BCUT2D eigenvalue weighted by atomic mass is 10.2. The van der Waals surface area contributed by atoms with Crippen LogP contribution in [-0.4, -0.2) is 61.2 Å². The van der Waals surface area contributed by atoms with Crippen LogP contribution in [0.1, 0.15) is 17.3 Å². The highest BCUT2D eigenvalue weighted by atomic mass is 16.5. The molecule has 0 bridgehead atoms. The molecule has 1 aromatic carbocycles. The molecule has 8 heteroatoms. The Balaban J connectivity index is 1.45. The lowest BCUT2D eigenvalue weighted by molar-refractivity contribution is -0.892. The highest BCUT2D eigenvalue weighted by Crippen LogP contribution is 2.10. The van der Waals surface area contributed by atoms with Crippen molar-refractivity contribution in [3.8, 4) is 0 Å². The van der Waals surface area contributed by atoms with Crippen LogP contribution in [0.2, 0.25) is 0 Å². The van der Waals surface area contributed by atoms with Crippen LogP contribution in [0.4, 0.5) is 11.6 Å². The van der Waals surface area contributed by atoms with Crippen LogP contribution >= 0.6 is 0 Å². The molecule has 2 heterocycles. The Hall–Kier alpha value is -3.00. The van der Waals surface area contributed by atoms with E-state index in [2.05, 4.69) is 20.2 Å². The number of nitrogens with zero attached hydrogens (tertiary/aromatic N) is 3. The molecule has 0 unspecified atom stereocenters. The average molecular weight is 370 g/mol. The van der Waals surface area contributed by atoms with Crippen molar-refractivity contribution in [3.05, 3.63) is 48.3 Å². The average Bonchev–Trinajstić information content (AvgIpc) is 2.70. The summed E-state index contributed by atoms with van der Waals surface area (Å²) in [5.41, 5.74) is 1.14. The van der Waals surface area contributed by atoms with Crippen LogP contribution in [0.15, 0.2) is 42.7 Å². The van der Waals surface area contributed by atoms with Crippen molar-refractivity contribution in [2.45, 2.75) is 6.92 Å². The maximum absolute atomic E-state index is 12.3. The van der Waals surface area contributed by atoms with Gasteiger partial charge in [0.15, 0.2) is 6.54 Å². The number of aromatic nitrogens is 2. The van der Waals surface area contributed by atoms with E-state index in [4.69, 9.17) is 4.74 Å². The molecular weight excluding hydrogens is 346 g/mol. The Morgan fingerprint density at radius 1 is 1.15 bits per heavy atom. The summed E-state index contributed by atoms with van der Waals surface area (Å²) < 4.78 is 4.95. The summed E-state index contributed by atoms with van der Waals surface area (Å²) in [6, 6.07) is 8.53. The molecule has 0 radical (unpaired) electrons. The fraction of sp³-hybridized carbons (Fsp3) is 0.368. The zero-order valence-corrected chi connectivity index (χ0v) is 15.4. The normalized spacial score (nSPS) is 14.6. The number of benzene rings is 1. The van der Waals surface area contributed by atoms with E-state index in [0.29, 0.717) is 24.4 Å². The van der Waals surface area contributed by atoms with Crippen molar-refractivity contribution in [1.29, 1.82) is 0 Å². The number of ether oxygens (including phenoxy) is 1. The standard InChI is InChI=1S/C19H23N5O3/c1-2-27-18(26)15-4-6-16(7-5-15)22-17(25)14-23-10-12-24(13-11-23)19-20-8-3-9-21-19/h3-9H,2,10-14H2,1H3,(H,22,25)/p+1.